The van der Waals surface area contributed by atoms with Gasteiger partial charge in [-0.3, -0.25) is 24.2 Å². The van der Waals surface area contributed by atoms with Crippen LogP contribution < -0.4 is 38.9 Å². The van der Waals surface area contributed by atoms with Crippen molar-refractivity contribution < 1.29 is 34.2 Å². The summed E-state index contributed by atoms with van der Waals surface area (Å²) in [5, 5.41) is 25.5. The van der Waals surface area contributed by atoms with Gasteiger partial charge in [0.05, 0.1) is 12.6 Å². The van der Waals surface area contributed by atoms with E-state index < -0.39 is 60.4 Å². The van der Waals surface area contributed by atoms with Gasteiger partial charge in [0, 0.05) is 18.7 Å². The molecule has 0 rings (SSSR count). The summed E-state index contributed by atoms with van der Waals surface area (Å²) in [5.41, 5.74) is 21.1. The molecule has 16 heteroatoms. The molecule has 4 atom stereocenters. The van der Waals surface area contributed by atoms with Gasteiger partial charge >= 0.3 is 5.97 Å². The normalized spacial score (nSPS) is 14.2. The zero-order valence-corrected chi connectivity index (χ0v) is 18.8. The first-order chi connectivity index (χ1) is 15.4. The van der Waals surface area contributed by atoms with Gasteiger partial charge in [0.25, 0.3) is 0 Å². The van der Waals surface area contributed by atoms with E-state index in [2.05, 4.69) is 33.6 Å². The number of carbonyl (C=O) groups is 5. The minimum absolute atomic E-state index is 0.0116. The summed E-state index contributed by atoms with van der Waals surface area (Å²) >= 11 is 3.92. The lowest BCUT2D eigenvalue weighted by molar-refractivity contribution is -0.143. The highest BCUT2D eigenvalue weighted by Gasteiger charge is 2.29. The lowest BCUT2D eigenvalue weighted by atomic mass is 10.1. The SMILES string of the molecule is NC(=O)CCC(NC(=O)C(CO)NC(=O)C(CCCN=C(N)N)NC(=O)C(N)CS)C(=O)O. The number of hydrogen-bond donors (Lipinski definition) is 10. The Labute approximate surface area is 195 Å². The molecule has 13 N–H and O–H groups in total. The average molecular weight is 493 g/mol. The number of nitrogens with zero attached hydrogens (tertiary/aromatic N) is 1. The van der Waals surface area contributed by atoms with Gasteiger partial charge in [-0.05, 0) is 19.3 Å². The zero-order chi connectivity index (χ0) is 25.6. The summed E-state index contributed by atoms with van der Waals surface area (Å²) in [4.78, 5) is 63.1. The van der Waals surface area contributed by atoms with Crippen LogP contribution in [0.2, 0.25) is 0 Å². The smallest absolute Gasteiger partial charge is 0.326 e. The lowest BCUT2D eigenvalue weighted by Gasteiger charge is -2.24. The van der Waals surface area contributed by atoms with E-state index in [0.29, 0.717) is 0 Å². The van der Waals surface area contributed by atoms with Crippen molar-refractivity contribution >= 4 is 48.2 Å². The van der Waals surface area contributed by atoms with Crippen LogP contribution in [0.4, 0.5) is 0 Å². The molecule has 0 aliphatic heterocycles. The molecule has 0 aromatic heterocycles. The van der Waals surface area contributed by atoms with Gasteiger partial charge in [-0.15, -0.1) is 0 Å². The molecule has 0 radical (unpaired) electrons. The topological polar surface area (TPSA) is 278 Å². The first-order valence-electron chi connectivity index (χ1n) is 9.87. The summed E-state index contributed by atoms with van der Waals surface area (Å²) in [5.74, 6) is -4.86. The van der Waals surface area contributed by atoms with Crippen molar-refractivity contribution in [2.24, 2.45) is 27.9 Å². The number of nitrogens with one attached hydrogen (secondary N) is 3. The van der Waals surface area contributed by atoms with Gasteiger partial charge in [-0.2, -0.15) is 12.6 Å². The standard InChI is InChI=1S/C17H32N8O7S/c18-8(7-33)13(28)23-9(2-1-5-22-17(20)21)14(29)25-11(6-26)15(30)24-10(16(31)32)3-4-12(19)27/h8-11,26,33H,1-7,18H2,(H2,19,27)(H,23,28)(H,24,30)(H,25,29)(H,31,32)(H4,20,21,22). The van der Waals surface area contributed by atoms with E-state index in [1.807, 2.05) is 0 Å². The summed E-state index contributed by atoms with van der Waals surface area (Å²) in [6, 6.07) is -5.17. The second-order valence-electron chi connectivity index (χ2n) is 6.95. The van der Waals surface area contributed by atoms with Crippen LogP contribution in [0.25, 0.3) is 0 Å². The van der Waals surface area contributed by atoms with Crippen LogP contribution in [0.5, 0.6) is 0 Å². The minimum atomic E-state index is -1.54. The van der Waals surface area contributed by atoms with Gasteiger partial charge < -0.3 is 49.1 Å². The number of rotatable bonds is 16. The largest absolute Gasteiger partial charge is 0.480 e. The van der Waals surface area contributed by atoms with Crippen LogP contribution in [0.1, 0.15) is 25.7 Å². The van der Waals surface area contributed by atoms with E-state index in [1.165, 1.54) is 0 Å². The Balaban J connectivity index is 5.27. The lowest BCUT2D eigenvalue weighted by Crippen LogP contribution is -2.58. The molecule has 0 fully saturated rings. The van der Waals surface area contributed by atoms with Gasteiger partial charge in [0.2, 0.25) is 23.6 Å². The number of aliphatic hydroxyl groups is 1. The third-order valence-electron chi connectivity index (χ3n) is 4.22. The second-order valence-corrected chi connectivity index (χ2v) is 7.31. The van der Waals surface area contributed by atoms with Crippen molar-refractivity contribution in [3.63, 3.8) is 0 Å². The number of carbonyl (C=O) groups excluding carboxylic acids is 4. The molecule has 0 bridgehead atoms. The Morgan fingerprint density at radius 1 is 0.879 bits per heavy atom. The number of nitrogens with two attached hydrogens (primary N) is 4. The van der Waals surface area contributed by atoms with E-state index in [9.17, 15) is 34.2 Å². The number of aliphatic carboxylic acids is 1. The van der Waals surface area contributed by atoms with Gasteiger partial charge in [-0.1, -0.05) is 0 Å². The second kappa shape index (κ2) is 15.7. The molecular weight excluding hydrogens is 460 g/mol. The van der Waals surface area contributed by atoms with E-state index in [-0.39, 0.29) is 43.9 Å². The molecule has 15 nitrogen and oxygen atoms in total. The maximum atomic E-state index is 12.7. The predicted octanol–water partition coefficient (Wildman–Crippen LogP) is -4.91. The Morgan fingerprint density at radius 2 is 1.42 bits per heavy atom. The molecule has 0 aromatic rings. The Bertz CT molecular complexity index is 732. The maximum Gasteiger partial charge on any atom is 0.326 e. The van der Waals surface area contributed by atoms with E-state index in [1.54, 1.807) is 0 Å². The molecule has 0 saturated heterocycles. The highest BCUT2D eigenvalue weighted by molar-refractivity contribution is 7.80. The predicted molar refractivity (Wildman–Crippen MR) is 121 cm³/mol. The van der Waals surface area contributed by atoms with E-state index >= 15 is 0 Å². The van der Waals surface area contributed by atoms with E-state index in [0.717, 1.165) is 0 Å². The van der Waals surface area contributed by atoms with Crippen LogP contribution in [0.3, 0.4) is 0 Å². The number of primary amides is 1. The Morgan fingerprint density at radius 3 is 1.91 bits per heavy atom. The highest BCUT2D eigenvalue weighted by Crippen LogP contribution is 2.02. The number of aliphatic imine (C=N–C) groups is 1. The fourth-order valence-electron chi connectivity index (χ4n) is 2.42. The molecule has 188 valence electrons. The quantitative estimate of drug-likeness (QED) is 0.0424. The van der Waals surface area contributed by atoms with Crippen LogP contribution in [-0.2, 0) is 24.0 Å². The first kappa shape index (κ1) is 29.9. The molecule has 0 saturated carbocycles. The summed E-state index contributed by atoms with van der Waals surface area (Å²) in [6.45, 7) is -0.713. The zero-order valence-electron chi connectivity index (χ0n) is 17.9. The Kier molecular flexibility index (Phi) is 14.2. The number of carboxylic acid groups (broad SMARTS) is 1. The molecule has 0 heterocycles. The van der Waals surface area contributed by atoms with Crippen LogP contribution in [-0.4, -0.2) is 88.8 Å². The van der Waals surface area contributed by atoms with Crippen molar-refractivity contribution in [3.05, 3.63) is 0 Å². The highest BCUT2D eigenvalue weighted by atomic mass is 32.1. The van der Waals surface area contributed by atoms with Crippen LogP contribution in [0.15, 0.2) is 4.99 Å². The van der Waals surface area contributed by atoms with Gasteiger partial charge in [0.1, 0.15) is 18.1 Å². The minimum Gasteiger partial charge on any atom is -0.480 e. The molecule has 33 heavy (non-hydrogen) atoms. The average Bonchev–Trinajstić information content (AvgIpc) is 2.75. The number of thiol groups is 1. The van der Waals surface area contributed by atoms with E-state index in [4.69, 9.17) is 22.9 Å². The number of carboxylic acids is 1. The van der Waals surface area contributed by atoms with Crippen molar-refractivity contribution in [3.8, 4) is 0 Å². The number of hydrogen-bond acceptors (Lipinski definition) is 9. The van der Waals surface area contributed by atoms with Gasteiger partial charge in [-0.25, -0.2) is 4.79 Å². The van der Waals surface area contributed by atoms with Crippen molar-refractivity contribution in [2.45, 2.75) is 49.9 Å². The number of amides is 4. The molecule has 0 aliphatic rings. The van der Waals surface area contributed by atoms with Crippen molar-refractivity contribution in [1.82, 2.24) is 16.0 Å². The van der Waals surface area contributed by atoms with Crippen LogP contribution in [0, 0.1) is 0 Å². The molecule has 0 spiro atoms. The monoisotopic (exact) mass is 492 g/mol. The summed E-state index contributed by atoms with van der Waals surface area (Å²) < 4.78 is 0. The third kappa shape index (κ3) is 12.5. The maximum absolute atomic E-state index is 12.7. The number of aliphatic hydroxyl groups excluding tert-OH is 1. The van der Waals surface area contributed by atoms with Crippen LogP contribution >= 0.6 is 12.6 Å². The summed E-state index contributed by atoms with van der Waals surface area (Å²) in [7, 11) is 0. The van der Waals surface area contributed by atoms with Crippen molar-refractivity contribution in [1.29, 1.82) is 0 Å². The van der Waals surface area contributed by atoms with Crippen molar-refractivity contribution in [2.75, 3.05) is 18.9 Å². The summed E-state index contributed by atoms with van der Waals surface area (Å²) in [6.07, 6.45) is -0.253. The molecule has 4 unspecified atom stereocenters. The molecular formula is C17H32N8O7S. The number of guanidine groups is 1. The molecule has 0 aromatic carbocycles. The fraction of sp³-hybridized carbons (Fsp3) is 0.647. The van der Waals surface area contributed by atoms with Gasteiger partial charge in [0.15, 0.2) is 5.96 Å². The molecule has 0 aliphatic carbocycles. The molecule has 4 amide bonds. The fourth-order valence-corrected chi connectivity index (χ4v) is 2.58. The third-order valence-corrected chi connectivity index (χ3v) is 4.61. The first-order valence-corrected chi connectivity index (χ1v) is 10.5. The Hall–Kier alpha value is -3.11.